The van der Waals surface area contributed by atoms with Crippen LogP contribution < -0.4 is 5.73 Å². The molecule has 0 unspecified atom stereocenters. The van der Waals surface area contributed by atoms with Crippen molar-refractivity contribution < 1.29 is 5.11 Å². The quantitative estimate of drug-likeness (QED) is 0.621. The summed E-state index contributed by atoms with van der Waals surface area (Å²) in [6.07, 6.45) is 1.72. The molecular formula is C10H10N2O. The van der Waals surface area contributed by atoms with Crippen LogP contribution in [0.1, 0.15) is 29.2 Å². The fourth-order valence-corrected chi connectivity index (χ4v) is 1.84. The van der Waals surface area contributed by atoms with Gasteiger partial charge < -0.3 is 10.8 Å². The Kier molecular flexibility index (Phi) is 1.71. The molecule has 0 saturated heterocycles. The smallest absolute Gasteiger partial charge is 0.117 e. The topological polar surface area (TPSA) is 70.0 Å². The molecule has 1 aromatic rings. The number of phenolic OH excluding ortho intramolecular Hbond substituents is 1. The first-order chi connectivity index (χ1) is 6.22. The van der Waals surface area contributed by atoms with Gasteiger partial charge in [0.05, 0.1) is 11.6 Å². The van der Waals surface area contributed by atoms with Crippen molar-refractivity contribution in [1.29, 1.82) is 5.26 Å². The average molecular weight is 174 g/mol. The van der Waals surface area contributed by atoms with Gasteiger partial charge in [0.25, 0.3) is 0 Å². The van der Waals surface area contributed by atoms with Gasteiger partial charge in [-0.2, -0.15) is 5.26 Å². The number of nitrogens with zero attached hydrogens (tertiary/aromatic N) is 1. The first kappa shape index (κ1) is 8.09. The van der Waals surface area contributed by atoms with Crippen molar-refractivity contribution in [2.45, 2.75) is 18.9 Å². The average Bonchev–Trinajstić information content (AvgIpc) is 2.47. The normalized spacial score (nSPS) is 19.5. The maximum Gasteiger partial charge on any atom is 0.117 e. The molecule has 13 heavy (non-hydrogen) atoms. The van der Waals surface area contributed by atoms with E-state index in [-0.39, 0.29) is 11.8 Å². The molecule has 66 valence electrons. The van der Waals surface area contributed by atoms with Crippen molar-refractivity contribution >= 4 is 0 Å². The van der Waals surface area contributed by atoms with Crippen molar-refractivity contribution in [2.24, 2.45) is 5.73 Å². The minimum atomic E-state index is -0.0193. The van der Waals surface area contributed by atoms with E-state index in [0.717, 1.165) is 24.0 Å². The number of phenols is 1. The van der Waals surface area contributed by atoms with Crippen LogP contribution in [0.2, 0.25) is 0 Å². The number of rotatable bonds is 0. The highest BCUT2D eigenvalue weighted by Crippen LogP contribution is 2.34. The number of hydrogen-bond acceptors (Lipinski definition) is 3. The second-order valence-electron chi connectivity index (χ2n) is 3.32. The SMILES string of the molecule is N#Cc1cc(O)cc2c1CC[C@@H]2N. The van der Waals surface area contributed by atoms with Gasteiger partial charge in [0.2, 0.25) is 0 Å². The lowest BCUT2D eigenvalue weighted by Gasteiger charge is -2.05. The summed E-state index contributed by atoms with van der Waals surface area (Å²) in [5, 5.41) is 18.1. The molecule has 0 radical (unpaired) electrons. The molecule has 3 nitrogen and oxygen atoms in total. The van der Waals surface area contributed by atoms with Gasteiger partial charge in [-0.15, -0.1) is 0 Å². The molecule has 2 rings (SSSR count). The number of benzene rings is 1. The number of hydrogen-bond donors (Lipinski definition) is 2. The van der Waals surface area contributed by atoms with Crippen LogP contribution in [-0.4, -0.2) is 5.11 Å². The zero-order valence-electron chi connectivity index (χ0n) is 7.12. The van der Waals surface area contributed by atoms with Crippen LogP contribution >= 0.6 is 0 Å². The molecule has 0 amide bonds. The van der Waals surface area contributed by atoms with E-state index < -0.39 is 0 Å². The van der Waals surface area contributed by atoms with Gasteiger partial charge in [-0.25, -0.2) is 0 Å². The predicted octanol–water partition coefficient (Wildman–Crippen LogP) is 1.21. The van der Waals surface area contributed by atoms with Gasteiger partial charge >= 0.3 is 0 Å². The zero-order chi connectivity index (χ0) is 9.42. The number of nitrogens with two attached hydrogens (primary N) is 1. The summed E-state index contributed by atoms with van der Waals surface area (Å²) >= 11 is 0. The third-order valence-electron chi connectivity index (χ3n) is 2.49. The van der Waals surface area contributed by atoms with Crippen LogP contribution in [0.5, 0.6) is 5.75 Å². The Balaban J connectivity index is 2.65. The Morgan fingerprint density at radius 3 is 3.00 bits per heavy atom. The van der Waals surface area contributed by atoms with Crippen molar-refractivity contribution in [3.8, 4) is 11.8 Å². The first-order valence-electron chi connectivity index (χ1n) is 4.24. The van der Waals surface area contributed by atoms with Crippen molar-refractivity contribution in [3.63, 3.8) is 0 Å². The zero-order valence-corrected chi connectivity index (χ0v) is 7.12. The summed E-state index contributed by atoms with van der Waals surface area (Å²) in [5.74, 6) is 0.132. The predicted molar refractivity (Wildman–Crippen MR) is 48.1 cm³/mol. The summed E-state index contributed by atoms with van der Waals surface area (Å²) in [6.45, 7) is 0. The van der Waals surface area contributed by atoms with E-state index in [4.69, 9.17) is 11.0 Å². The first-order valence-corrected chi connectivity index (χ1v) is 4.24. The van der Waals surface area contributed by atoms with Crippen LogP contribution in [0.15, 0.2) is 12.1 Å². The van der Waals surface area contributed by atoms with Crippen LogP contribution in [-0.2, 0) is 6.42 Å². The summed E-state index contributed by atoms with van der Waals surface area (Å²) in [5.41, 5.74) is 8.31. The Hall–Kier alpha value is -1.53. The number of fused-ring (bicyclic) bond motifs is 1. The van der Waals surface area contributed by atoms with Gasteiger partial charge in [0.1, 0.15) is 5.75 Å². The van der Waals surface area contributed by atoms with Crippen molar-refractivity contribution in [2.75, 3.05) is 0 Å². The van der Waals surface area contributed by atoms with Gasteiger partial charge in [0.15, 0.2) is 0 Å². The molecule has 0 aromatic heterocycles. The van der Waals surface area contributed by atoms with E-state index in [0.29, 0.717) is 5.56 Å². The Labute approximate surface area is 76.4 Å². The number of aromatic hydroxyl groups is 1. The van der Waals surface area contributed by atoms with E-state index >= 15 is 0 Å². The highest BCUT2D eigenvalue weighted by atomic mass is 16.3. The molecule has 0 aliphatic heterocycles. The summed E-state index contributed by atoms with van der Waals surface area (Å²) in [6, 6.07) is 5.21. The summed E-state index contributed by atoms with van der Waals surface area (Å²) in [4.78, 5) is 0. The Morgan fingerprint density at radius 1 is 1.54 bits per heavy atom. The van der Waals surface area contributed by atoms with Crippen LogP contribution in [0, 0.1) is 11.3 Å². The van der Waals surface area contributed by atoms with Gasteiger partial charge in [0, 0.05) is 6.04 Å². The van der Waals surface area contributed by atoms with Gasteiger partial charge in [-0.1, -0.05) is 0 Å². The maximum absolute atomic E-state index is 9.32. The molecule has 1 aromatic carbocycles. The van der Waals surface area contributed by atoms with E-state index in [1.165, 1.54) is 6.07 Å². The number of nitriles is 1. The molecule has 0 bridgehead atoms. The Morgan fingerprint density at radius 2 is 2.31 bits per heavy atom. The largest absolute Gasteiger partial charge is 0.508 e. The lowest BCUT2D eigenvalue weighted by atomic mass is 10.0. The molecule has 0 fully saturated rings. The fourth-order valence-electron chi connectivity index (χ4n) is 1.84. The lowest BCUT2D eigenvalue weighted by molar-refractivity contribution is 0.474. The van der Waals surface area contributed by atoms with E-state index in [1.807, 2.05) is 0 Å². The van der Waals surface area contributed by atoms with Gasteiger partial charge in [-0.05, 0) is 36.1 Å². The third-order valence-corrected chi connectivity index (χ3v) is 2.49. The molecule has 3 heteroatoms. The van der Waals surface area contributed by atoms with E-state index in [1.54, 1.807) is 6.07 Å². The standard InChI is InChI=1S/C10H10N2O/c11-5-6-3-7(13)4-9-8(6)1-2-10(9)12/h3-4,10,13H,1-2,12H2/t10-/m0/s1. The molecule has 1 aliphatic carbocycles. The maximum atomic E-state index is 9.32. The highest BCUT2D eigenvalue weighted by Gasteiger charge is 2.22. The van der Waals surface area contributed by atoms with E-state index in [9.17, 15) is 5.11 Å². The molecule has 0 heterocycles. The van der Waals surface area contributed by atoms with Gasteiger partial charge in [-0.3, -0.25) is 0 Å². The van der Waals surface area contributed by atoms with Crippen molar-refractivity contribution in [3.05, 3.63) is 28.8 Å². The molecular weight excluding hydrogens is 164 g/mol. The minimum absolute atomic E-state index is 0.0193. The molecule has 0 spiro atoms. The monoisotopic (exact) mass is 174 g/mol. The Bertz CT molecular complexity index is 393. The summed E-state index contributed by atoms with van der Waals surface area (Å²) in [7, 11) is 0. The van der Waals surface area contributed by atoms with Crippen LogP contribution in [0.25, 0.3) is 0 Å². The highest BCUT2D eigenvalue weighted by molar-refractivity contribution is 5.51. The molecule has 0 saturated carbocycles. The van der Waals surface area contributed by atoms with E-state index in [2.05, 4.69) is 6.07 Å². The molecule has 1 atom stereocenters. The molecule has 3 N–H and O–H groups in total. The van der Waals surface area contributed by atoms with Crippen molar-refractivity contribution in [1.82, 2.24) is 0 Å². The second kappa shape index (κ2) is 2.75. The third kappa shape index (κ3) is 1.16. The fraction of sp³-hybridized carbons (Fsp3) is 0.300. The minimum Gasteiger partial charge on any atom is -0.508 e. The summed E-state index contributed by atoms with van der Waals surface area (Å²) < 4.78 is 0. The molecule has 1 aliphatic rings. The lowest BCUT2D eigenvalue weighted by Crippen LogP contribution is -2.05. The second-order valence-corrected chi connectivity index (χ2v) is 3.32. The van der Waals surface area contributed by atoms with Crippen LogP contribution in [0.4, 0.5) is 0 Å². The van der Waals surface area contributed by atoms with Crippen LogP contribution in [0.3, 0.4) is 0 Å².